The summed E-state index contributed by atoms with van der Waals surface area (Å²) in [5.74, 6) is -0.196. The van der Waals surface area contributed by atoms with Gasteiger partial charge in [0.05, 0.1) is 12.5 Å². The van der Waals surface area contributed by atoms with Gasteiger partial charge in [0, 0.05) is 12.1 Å². The highest BCUT2D eigenvalue weighted by Crippen LogP contribution is 2.02. The molecular formula is C10H21NO2. The van der Waals surface area contributed by atoms with Crippen molar-refractivity contribution in [3.63, 3.8) is 0 Å². The van der Waals surface area contributed by atoms with Crippen molar-refractivity contribution in [1.82, 2.24) is 5.32 Å². The second kappa shape index (κ2) is 5.22. The summed E-state index contributed by atoms with van der Waals surface area (Å²) in [6.45, 7) is 11.0. The molecule has 0 radical (unpaired) electrons. The molecule has 0 aliphatic carbocycles. The molecule has 0 aromatic carbocycles. The quantitative estimate of drug-likeness (QED) is 0.679. The summed E-state index contributed by atoms with van der Waals surface area (Å²) in [6, 6.07) is 0. The maximum absolute atomic E-state index is 11.2. The van der Waals surface area contributed by atoms with Gasteiger partial charge in [-0.1, -0.05) is 6.92 Å². The molecule has 0 aromatic heterocycles. The zero-order valence-electron chi connectivity index (χ0n) is 9.31. The predicted octanol–water partition coefficient (Wildman–Crippen LogP) is 1.57. The Kier molecular flexibility index (Phi) is 4.99. The zero-order chi connectivity index (χ0) is 10.5. The van der Waals surface area contributed by atoms with Crippen LogP contribution in [0.3, 0.4) is 0 Å². The first-order chi connectivity index (χ1) is 5.87. The average molecular weight is 187 g/mol. The summed E-state index contributed by atoms with van der Waals surface area (Å²) >= 11 is 0. The van der Waals surface area contributed by atoms with Crippen molar-refractivity contribution in [2.45, 2.75) is 40.2 Å². The van der Waals surface area contributed by atoms with Crippen LogP contribution in [0.25, 0.3) is 0 Å². The number of hydrogen-bond acceptors (Lipinski definition) is 3. The summed E-state index contributed by atoms with van der Waals surface area (Å²) in [6.07, 6.45) is 0. The molecule has 1 N–H and O–H groups in total. The average Bonchev–Trinajstić information content (AvgIpc) is 1.99. The number of esters is 1. The monoisotopic (exact) mass is 187 g/mol. The summed E-state index contributed by atoms with van der Waals surface area (Å²) in [4.78, 5) is 11.2. The standard InChI is InChI=1S/C10H21NO2/c1-6-13-9(12)8(2)7-11-10(3,4)5/h8,11H,6-7H2,1-5H3/t8-/m1/s1. The van der Waals surface area contributed by atoms with E-state index in [4.69, 9.17) is 4.74 Å². The van der Waals surface area contributed by atoms with Gasteiger partial charge in [-0.3, -0.25) is 4.79 Å². The molecule has 3 heteroatoms. The van der Waals surface area contributed by atoms with Gasteiger partial charge in [0.15, 0.2) is 0 Å². The van der Waals surface area contributed by atoms with E-state index >= 15 is 0 Å². The topological polar surface area (TPSA) is 38.3 Å². The van der Waals surface area contributed by atoms with E-state index in [0.717, 1.165) is 0 Å². The fourth-order valence-corrected chi connectivity index (χ4v) is 0.827. The molecule has 0 saturated carbocycles. The van der Waals surface area contributed by atoms with Crippen molar-refractivity contribution in [1.29, 1.82) is 0 Å². The predicted molar refractivity (Wildman–Crippen MR) is 53.6 cm³/mol. The second-order valence-electron chi connectivity index (χ2n) is 4.28. The van der Waals surface area contributed by atoms with E-state index in [-0.39, 0.29) is 17.4 Å². The molecular weight excluding hydrogens is 166 g/mol. The molecule has 78 valence electrons. The molecule has 0 aromatic rings. The van der Waals surface area contributed by atoms with Crippen molar-refractivity contribution in [2.24, 2.45) is 5.92 Å². The molecule has 1 atom stereocenters. The highest BCUT2D eigenvalue weighted by Gasteiger charge is 2.16. The second-order valence-corrected chi connectivity index (χ2v) is 4.28. The highest BCUT2D eigenvalue weighted by molar-refractivity contribution is 5.72. The molecule has 3 nitrogen and oxygen atoms in total. The van der Waals surface area contributed by atoms with Gasteiger partial charge in [-0.2, -0.15) is 0 Å². The van der Waals surface area contributed by atoms with E-state index in [1.807, 2.05) is 13.8 Å². The van der Waals surface area contributed by atoms with Crippen LogP contribution in [0.1, 0.15) is 34.6 Å². The Morgan fingerprint density at radius 1 is 1.46 bits per heavy atom. The summed E-state index contributed by atoms with van der Waals surface area (Å²) < 4.78 is 4.89. The van der Waals surface area contributed by atoms with Gasteiger partial charge in [0.1, 0.15) is 0 Å². The van der Waals surface area contributed by atoms with Crippen molar-refractivity contribution < 1.29 is 9.53 Å². The zero-order valence-corrected chi connectivity index (χ0v) is 9.31. The normalized spacial score (nSPS) is 13.9. The molecule has 0 aliphatic rings. The van der Waals surface area contributed by atoms with Crippen LogP contribution in [0.15, 0.2) is 0 Å². The number of carbonyl (C=O) groups excluding carboxylic acids is 1. The number of ether oxygens (including phenoxy) is 1. The smallest absolute Gasteiger partial charge is 0.309 e. The third-order valence-corrected chi connectivity index (χ3v) is 1.63. The number of rotatable bonds is 4. The molecule has 0 fully saturated rings. The highest BCUT2D eigenvalue weighted by atomic mass is 16.5. The molecule has 0 unspecified atom stereocenters. The fraction of sp³-hybridized carbons (Fsp3) is 0.900. The first-order valence-corrected chi connectivity index (χ1v) is 4.78. The fourth-order valence-electron chi connectivity index (χ4n) is 0.827. The van der Waals surface area contributed by atoms with Gasteiger partial charge in [-0.05, 0) is 27.7 Å². The maximum atomic E-state index is 11.2. The lowest BCUT2D eigenvalue weighted by Gasteiger charge is -2.22. The summed E-state index contributed by atoms with van der Waals surface area (Å²) in [5.41, 5.74) is 0.0563. The third-order valence-electron chi connectivity index (χ3n) is 1.63. The first kappa shape index (κ1) is 12.4. The third kappa shape index (κ3) is 6.58. The van der Waals surface area contributed by atoms with Crippen LogP contribution < -0.4 is 5.32 Å². The molecule has 0 rings (SSSR count). The van der Waals surface area contributed by atoms with Crippen LogP contribution in [-0.4, -0.2) is 24.7 Å². The SMILES string of the molecule is CCOC(=O)[C@H](C)CNC(C)(C)C. The molecule has 0 amide bonds. The van der Waals surface area contributed by atoms with Crippen molar-refractivity contribution in [3.05, 3.63) is 0 Å². The molecule has 0 aliphatic heterocycles. The van der Waals surface area contributed by atoms with Crippen LogP contribution in [0.5, 0.6) is 0 Å². The minimum atomic E-state index is -0.126. The Labute approximate surface area is 80.8 Å². The molecule has 0 spiro atoms. The first-order valence-electron chi connectivity index (χ1n) is 4.78. The van der Waals surface area contributed by atoms with Crippen molar-refractivity contribution in [2.75, 3.05) is 13.2 Å². The van der Waals surface area contributed by atoms with Crippen LogP contribution in [-0.2, 0) is 9.53 Å². The number of hydrogen-bond donors (Lipinski definition) is 1. The Balaban J connectivity index is 3.74. The van der Waals surface area contributed by atoms with E-state index in [9.17, 15) is 4.79 Å². The molecule has 13 heavy (non-hydrogen) atoms. The summed E-state index contributed by atoms with van der Waals surface area (Å²) in [7, 11) is 0. The van der Waals surface area contributed by atoms with Crippen molar-refractivity contribution >= 4 is 5.97 Å². The summed E-state index contributed by atoms with van der Waals surface area (Å²) in [5, 5.41) is 3.26. The van der Waals surface area contributed by atoms with Crippen LogP contribution in [0.2, 0.25) is 0 Å². The van der Waals surface area contributed by atoms with Gasteiger partial charge < -0.3 is 10.1 Å². The van der Waals surface area contributed by atoms with Gasteiger partial charge >= 0.3 is 5.97 Å². The lowest BCUT2D eigenvalue weighted by Crippen LogP contribution is -2.40. The Bertz CT molecular complexity index is 161. The Morgan fingerprint density at radius 3 is 2.38 bits per heavy atom. The maximum Gasteiger partial charge on any atom is 0.309 e. The molecule has 0 bridgehead atoms. The Morgan fingerprint density at radius 2 is 2.00 bits per heavy atom. The van der Waals surface area contributed by atoms with E-state index in [2.05, 4.69) is 26.1 Å². The largest absolute Gasteiger partial charge is 0.466 e. The van der Waals surface area contributed by atoms with Gasteiger partial charge in [0.2, 0.25) is 0 Å². The Hall–Kier alpha value is -0.570. The van der Waals surface area contributed by atoms with Gasteiger partial charge in [0.25, 0.3) is 0 Å². The van der Waals surface area contributed by atoms with Crippen LogP contribution in [0, 0.1) is 5.92 Å². The lowest BCUT2D eigenvalue weighted by atomic mass is 10.1. The number of nitrogens with one attached hydrogen (secondary N) is 1. The number of carbonyl (C=O) groups is 1. The molecule has 0 saturated heterocycles. The minimum absolute atomic E-state index is 0.0563. The van der Waals surface area contributed by atoms with Crippen molar-refractivity contribution in [3.8, 4) is 0 Å². The van der Waals surface area contributed by atoms with E-state index in [1.165, 1.54) is 0 Å². The van der Waals surface area contributed by atoms with Gasteiger partial charge in [-0.25, -0.2) is 0 Å². The van der Waals surface area contributed by atoms with Crippen LogP contribution in [0.4, 0.5) is 0 Å². The van der Waals surface area contributed by atoms with Crippen LogP contribution >= 0.6 is 0 Å². The van der Waals surface area contributed by atoms with E-state index in [0.29, 0.717) is 13.2 Å². The lowest BCUT2D eigenvalue weighted by molar-refractivity contribution is -0.147. The van der Waals surface area contributed by atoms with E-state index < -0.39 is 0 Å². The van der Waals surface area contributed by atoms with E-state index in [1.54, 1.807) is 0 Å². The minimum Gasteiger partial charge on any atom is -0.466 e. The van der Waals surface area contributed by atoms with Gasteiger partial charge in [-0.15, -0.1) is 0 Å². The molecule has 0 heterocycles.